The first-order valence-corrected chi connectivity index (χ1v) is 13.2. The smallest absolute Gasteiger partial charge is 0.286 e. The Morgan fingerprint density at radius 3 is 2.03 bits per heavy atom. The summed E-state index contributed by atoms with van der Waals surface area (Å²) in [6.07, 6.45) is 0.807. The number of amides is 1. The summed E-state index contributed by atoms with van der Waals surface area (Å²) in [4.78, 5) is 15.2. The highest BCUT2D eigenvalue weighted by Gasteiger charge is 2.18. The number of hydrogen-bond donors (Lipinski definition) is 1. The monoisotopic (exact) mass is 544 g/mol. The zero-order valence-electron chi connectivity index (χ0n) is 20.9. The van der Waals surface area contributed by atoms with Gasteiger partial charge in [-0.3, -0.25) is 9.69 Å². The average Bonchev–Trinajstić information content (AvgIpc) is 3.37. The van der Waals surface area contributed by atoms with E-state index in [4.69, 9.17) is 4.42 Å². The van der Waals surface area contributed by atoms with E-state index in [1.54, 1.807) is 6.07 Å². The van der Waals surface area contributed by atoms with Gasteiger partial charge in [0, 0.05) is 29.5 Å². The molecule has 1 heterocycles. The number of nitrogens with zero attached hydrogens (tertiary/aromatic N) is 1. The Morgan fingerprint density at radius 2 is 1.44 bits per heavy atom. The third kappa shape index (κ3) is 7.19. The van der Waals surface area contributed by atoms with Gasteiger partial charge in [-0.1, -0.05) is 88.7 Å². The van der Waals surface area contributed by atoms with Crippen LogP contribution in [0.2, 0.25) is 0 Å². The minimum atomic E-state index is -0.176. The Morgan fingerprint density at radius 1 is 0.833 bits per heavy atom. The van der Waals surface area contributed by atoms with Crippen molar-refractivity contribution in [3.8, 4) is 0 Å². The van der Waals surface area contributed by atoms with Crippen molar-refractivity contribution in [1.82, 2.24) is 10.2 Å². The lowest BCUT2D eigenvalue weighted by Crippen LogP contribution is -2.29. The molecule has 0 spiro atoms. The summed E-state index contributed by atoms with van der Waals surface area (Å²) in [7, 11) is 0. The molecule has 0 fully saturated rings. The lowest BCUT2D eigenvalue weighted by Gasteiger charge is -2.25. The predicted molar refractivity (Wildman–Crippen MR) is 149 cm³/mol. The van der Waals surface area contributed by atoms with Gasteiger partial charge in [0.1, 0.15) is 5.76 Å². The van der Waals surface area contributed by atoms with Gasteiger partial charge in [-0.25, -0.2) is 0 Å². The number of rotatable bonds is 11. The van der Waals surface area contributed by atoms with E-state index < -0.39 is 0 Å². The molecule has 36 heavy (non-hydrogen) atoms. The van der Waals surface area contributed by atoms with Crippen molar-refractivity contribution in [1.29, 1.82) is 0 Å². The molecule has 4 aromatic rings. The van der Waals surface area contributed by atoms with Gasteiger partial charge in [-0.05, 0) is 61.2 Å². The number of carbonyl (C=O) groups is 1. The summed E-state index contributed by atoms with van der Waals surface area (Å²) in [6.45, 7) is 6.36. The molecule has 5 heteroatoms. The van der Waals surface area contributed by atoms with Gasteiger partial charge in [0.25, 0.3) is 5.91 Å². The van der Waals surface area contributed by atoms with Crippen LogP contribution in [0.5, 0.6) is 0 Å². The molecule has 0 radical (unpaired) electrons. The van der Waals surface area contributed by atoms with Gasteiger partial charge in [0.2, 0.25) is 0 Å². The molecule has 0 aliphatic heterocycles. The fourth-order valence-corrected chi connectivity index (χ4v) is 4.61. The van der Waals surface area contributed by atoms with Crippen LogP contribution in [0, 0.1) is 0 Å². The molecule has 186 valence electrons. The fourth-order valence-electron chi connectivity index (χ4n) is 4.34. The number of furan rings is 1. The van der Waals surface area contributed by atoms with Gasteiger partial charge in [0.05, 0.1) is 6.54 Å². The third-order valence-electron chi connectivity index (χ3n) is 6.40. The Balaban J connectivity index is 1.35. The third-order valence-corrected chi connectivity index (χ3v) is 6.92. The lowest BCUT2D eigenvalue weighted by atomic mass is 9.88. The zero-order valence-corrected chi connectivity index (χ0v) is 22.4. The molecule has 0 bridgehead atoms. The van der Waals surface area contributed by atoms with E-state index in [2.05, 4.69) is 113 Å². The molecule has 1 N–H and O–H groups in total. The standard InChI is InChI=1S/C31H33BrN2O2/c1-23(2)34(21-24-13-15-27(32)16-14-24)22-28-17-18-30(36-28)31(35)33-20-19-29(25-9-5-3-6-10-25)26-11-7-4-8-12-26/h3-18,23,29H,19-22H2,1-2H3,(H,33,35). The van der Waals surface area contributed by atoms with E-state index in [0.717, 1.165) is 23.2 Å². The molecule has 0 aliphatic rings. The SMILES string of the molecule is CC(C)N(Cc1ccc(Br)cc1)Cc1ccc(C(=O)NCCC(c2ccccc2)c2ccccc2)o1. The highest BCUT2D eigenvalue weighted by atomic mass is 79.9. The molecule has 0 unspecified atom stereocenters. The molecule has 0 saturated carbocycles. The van der Waals surface area contributed by atoms with Crippen molar-refractivity contribution in [2.45, 2.75) is 45.3 Å². The van der Waals surface area contributed by atoms with Crippen LogP contribution in [-0.2, 0) is 13.1 Å². The van der Waals surface area contributed by atoms with E-state index in [1.807, 2.05) is 18.2 Å². The summed E-state index contributed by atoms with van der Waals surface area (Å²) in [5.74, 6) is 1.19. The Kier molecular flexibility index (Phi) is 9.15. The Hall–Kier alpha value is -3.15. The van der Waals surface area contributed by atoms with E-state index in [-0.39, 0.29) is 11.8 Å². The van der Waals surface area contributed by atoms with Crippen LogP contribution in [0.25, 0.3) is 0 Å². The first kappa shape index (κ1) is 25.9. The van der Waals surface area contributed by atoms with Crippen LogP contribution in [0.3, 0.4) is 0 Å². The van der Waals surface area contributed by atoms with Crippen molar-refractivity contribution in [2.75, 3.05) is 6.54 Å². The zero-order chi connectivity index (χ0) is 25.3. The summed E-state index contributed by atoms with van der Waals surface area (Å²) in [5, 5.41) is 3.05. The van der Waals surface area contributed by atoms with Crippen molar-refractivity contribution in [2.24, 2.45) is 0 Å². The second-order valence-corrected chi connectivity index (χ2v) is 10.2. The predicted octanol–water partition coefficient (Wildman–Crippen LogP) is 7.40. The first-order chi connectivity index (χ1) is 17.5. The molecule has 4 nitrogen and oxygen atoms in total. The topological polar surface area (TPSA) is 45.5 Å². The Labute approximate surface area is 222 Å². The van der Waals surface area contributed by atoms with Crippen molar-refractivity contribution in [3.63, 3.8) is 0 Å². The van der Waals surface area contributed by atoms with Gasteiger partial charge in [-0.15, -0.1) is 0 Å². The second kappa shape index (κ2) is 12.7. The molecular formula is C31H33BrN2O2. The van der Waals surface area contributed by atoms with Crippen LogP contribution in [0.4, 0.5) is 0 Å². The number of hydrogen-bond acceptors (Lipinski definition) is 3. The summed E-state index contributed by atoms with van der Waals surface area (Å²) < 4.78 is 7.02. The van der Waals surface area contributed by atoms with Crippen molar-refractivity contribution in [3.05, 3.63) is 130 Å². The van der Waals surface area contributed by atoms with Crippen LogP contribution < -0.4 is 5.32 Å². The quantitative estimate of drug-likeness (QED) is 0.214. The summed E-state index contributed by atoms with van der Waals surface area (Å²) in [5.41, 5.74) is 3.73. The maximum atomic E-state index is 12.8. The summed E-state index contributed by atoms with van der Waals surface area (Å²) >= 11 is 3.49. The van der Waals surface area contributed by atoms with Crippen molar-refractivity contribution < 1.29 is 9.21 Å². The minimum Gasteiger partial charge on any atom is -0.455 e. The Bertz CT molecular complexity index is 1180. The average molecular weight is 546 g/mol. The maximum Gasteiger partial charge on any atom is 0.286 e. The van der Waals surface area contributed by atoms with Crippen LogP contribution >= 0.6 is 15.9 Å². The number of nitrogens with one attached hydrogen (secondary N) is 1. The molecular weight excluding hydrogens is 512 g/mol. The van der Waals surface area contributed by atoms with E-state index in [0.29, 0.717) is 24.9 Å². The number of benzene rings is 3. The van der Waals surface area contributed by atoms with Crippen LogP contribution in [0.15, 0.2) is 106 Å². The van der Waals surface area contributed by atoms with Gasteiger partial charge in [-0.2, -0.15) is 0 Å². The number of halogens is 1. The highest BCUT2D eigenvalue weighted by molar-refractivity contribution is 9.10. The fraction of sp³-hybridized carbons (Fsp3) is 0.258. The summed E-state index contributed by atoms with van der Waals surface area (Å²) in [6, 6.07) is 33.3. The molecule has 1 amide bonds. The molecule has 0 atom stereocenters. The molecule has 3 aromatic carbocycles. The van der Waals surface area contributed by atoms with Crippen molar-refractivity contribution >= 4 is 21.8 Å². The minimum absolute atomic E-state index is 0.176. The first-order valence-electron chi connectivity index (χ1n) is 12.4. The number of carbonyl (C=O) groups excluding carboxylic acids is 1. The largest absolute Gasteiger partial charge is 0.455 e. The normalized spacial score (nSPS) is 11.4. The van der Waals surface area contributed by atoms with Gasteiger partial charge in [0.15, 0.2) is 5.76 Å². The lowest BCUT2D eigenvalue weighted by molar-refractivity contribution is 0.0919. The van der Waals surface area contributed by atoms with Crippen LogP contribution in [-0.4, -0.2) is 23.4 Å². The molecule has 0 aliphatic carbocycles. The second-order valence-electron chi connectivity index (χ2n) is 9.31. The molecule has 4 rings (SSSR count). The van der Waals surface area contributed by atoms with E-state index in [9.17, 15) is 4.79 Å². The molecule has 0 saturated heterocycles. The molecule has 1 aromatic heterocycles. The van der Waals surface area contributed by atoms with E-state index >= 15 is 0 Å². The van der Waals surface area contributed by atoms with Crippen LogP contribution in [0.1, 0.15) is 59.2 Å². The van der Waals surface area contributed by atoms with Gasteiger partial charge >= 0.3 is 0 Å². The maximum absolute atomic E-state index is 12.8. The van der Waals surface area contributed by atoms with E-state index in [1.165, 1.54) is 16.7 Å². The highest BCUT2D eigenvalue weighted by Crippen LogP contribution is 2.27. The van der Waals surface area contributed by atoms with Gasteiger partial charge < -0.3 is 9.73 Å².